The third-order valence-electron chi connectivity index (χ3n) is 6.16. The third-order valence-corrected chi connectivity index (χ3v) is 6.16. The maximum absolute atomic E-state index is 6.43. The number of nitrogens with two attached hydrogens (primary N) is 1. The van der Waals surface area contributed by atoms with Crippen molar-refractivity contribution in [3.63, 3.8) is 0 Å². The lowest BCUT2D eigenvalue weighted by atomic mass is 10.1. The molecule has 0 aliphatic carbocycles. The Kier molecular flexibility index (Phi) is 14.2. The van der Waals surface area contributed by atoms with E-state index in [1.54, 1.807) is 14.2 Å². The van der Waals surface area contributed by atoms with Gasteiger partial charge in [-0.3, -0.25) is 0 Å². The molecule has 214 valence electrons. The Morgan fingerprint density at radius 1 is 0.600 bits per heavy atom. The molecule has 8 heteroatoms. The van der Waals surface area contributed by atoms with Crippen LogP contribution in [0.25, 0.3) is 0 Å². The van der Waals surface area contributed by atoms with E-state index in [-0.39, 0.29) is 30.9 Å². The van der Waals surface area contributed by atoms with Crippen LogP contribution in [0.4, 0.5) is 0 Å². The van der Waals surface area contributed by atoms with Crippen LogP contribution in [0.15, 0.2) is 97.1 Å². The second-order valence-electron chi connectivity index (χ2n) is 9.11. The number of ether oxygens (including phenoxy) is 4. The normalized spacial score (nSPS) is 11.0. The molecule has 0 aliphatic rings. The van der Waals surface area contributed by atoms with Crippen molar-refractivity contribution in [1.82, 2.24) is 5.32 Å². The monoisotopic (exact) mass is 584 g/mol. The van der Waals surface area contributed by atoms with Gasteiger partial charge in [-0.05, 0) is 52.9 Å². The number of hydrogen-bond donors (Lipinski definition) is 2. The number of benzene rings is 4. The molecule has 4 aromatic carbocycles. The van der Waals surface area contributed by atoms with Crippen LogP contribution in [0.1, 0.15) is 22.3 Å². The Bertz CT molecular complexity index is 1280. The van der Waals surface area contributed by atoms with Gasteiger partial charge >= 0.3 is 0 Å². The van der Waals surface area contributed by atoms with Crippen LogP contribution >= 0.6 is 24.8 Å². The van der Waals surface area contributed by atoms with Crippen LogP contribution in [0.2, 0.25) is 0 Å². The molecule has 0 amide bonds. The number of nitrogens with one attached hydrogen (secondary N) is 1. The first-order valence-corrected chi connectivity index (χ1v) is 12.8. The summed E-state index contributed by atoms with van der Waals surface area (Å²) >= 11 is 0. The van der Waals surface area contributed by atoms with Gasteiger partial charge in [-0.15, -0.1) is 24.8 Å². The number of methoxy groups -OCH3 is 2. The zero-order valence-electron chi connectivity index (χ0n) is 22.9. The summed E-state index contributed by atoms with van der Waals surface area (Å²) in [5.74, 6) is 2.87. The Morgan fingerprint density at radius 3 is 1.57 bits per heavy atom. The van der Waals surface area contributed by atoms with Gasteiger partial charge in [0.25, 0.3) is 0 Å². The highest BCUT2D eigenvalue weighted by molar-refractivity contribution is 5.85. The fourth-order valence-electron chi connectivity index (χ4n) is 4.15. The van der Waals surface area contributed by atoms with Gasteiger partial charge in [0.15, 0.2) is 23.0 Å². The van der Waals surface area contributed by atoms with Crippen LogP contribution in [0.3, 0.4) is 0 Å². The Labute approximate surface area is 249 Å². The van der Waals surface area contributed by atoms with Crippen molar-refractivity contribution >= 4 is 24.8 Å². The summed E-state index contributed by atoms with van der Waals surface area (Å²) in [4.78, 5) is 0. The molecule has 4 rings (SSSR count). The smallest absolute Gasteiger partial charge is 0.161 e. The van der Waals surface area contributed by atoms with Gasteiger partial charge in [0.1, 0.15) is 13.2 Å². The van der Waals surface area contributed by atoms with E-state index in [9.17, 15) is 0 Å². The zero-order chi connectivity index (χ0) is 26.6. The second kappa shape index (κ2) is 17.3. The average Bonchev–Trinajstić information content (AvgIpc) is 2.96. The van der Waals surface area contributed by atoms with Crippen LogP contribution in [0.5, 0.6) is 23.0 Å². The minimum Gasteiger partial charge on any atom is -0.493 e. The first-order valence-electron chi connectivity index (χ1n) is 12.8. The molecule has 0 radical (unpaired) electrons. The minimum atomic E-state index is -0.0498. The van der Waals surface area contributed by atoms with Crippen molar-refractivity contribution in [1.29, 1.82) is 0 Å². The Hall–Kier alpha value is -3.42. The second-order valence-corrected chi connectivity index (χ2v) is 9.11. The molecule has 3 N–H and O–H groups in total. The molecule has 40 heavy (non-hydrogen) atoms. The highest BCUT2D eigenvalue weighted by Gasteiger charge is 2.11. The van der Waals surface area contributed by atoms with Gasteiger partial charge < -0.3 is 30.0 Å². The Balaban J connectivity index is 0.00000280. The molecule has 0 fully saturated rings. The molecule has 0 aliphatic heterocycles. The predicted molar refractivity (Wildman–Crippen MR) is 165 cm³/mol. The average molecular weight is 586 g/mol. The molecular weight excluding hydrogens is 547 g/mol. The zero-order valence-corrected chi connectivity index (χ0v) is 24.5. The molecule has 4 aromatic rings. The maximum Gasteiger partial charge on any atom is 0.161 e. The van der Waals surface area contributed by atoms with Crippen LogP contribution in [-0.4, -0.2) is 26.8 Å². The van der Waals surface area contributed by atoms with Crippen LogP contribution < -0.4 is 30.0 Å². The largest absolute Gasteiger partial charge is 0.493 e. The lowest BCUT2D eigenvalue weighted by Gasteiger charge is -2.16. The molecule has 0 aromatic heterocycles. The molecule has 0 saturated heterocycles. The molecule has 0 heterocycles. The molecule has 0 spiro atoms. The van der Waals surface area contributed by atoms with Gasteiger partial charge in [-0.2, -0.15) is 0 Å². The van der Waals surface area contributed by atoms with Crippen LogP contribution in [0, 0.1) is 0 Å². The number of rotatable bonds is 14. The van der Waals surface area contributed by atoms with Crippen molar-refractivity contribution in [2.45, 2.75) is 32.2 Å². The first kappa shape index (κ1) is 32.8. The number of hydrogen-bond acceptors (Lipinski definition) is 6. The third kappa shape index (κ3) is 9.96. The number of halogens is 2. The lowest BCUT2D eigenvalue weighted by molar-refractivity contribution is 0.284. The van der Waals surface area contributed by atoms with Crippen molar-refractivity contribution in [2.75, 3.05) is 20.8 Å². The molecule has 1 atom stereocenters. The molecule has 0 saturated carbocycles. The van der Waals surface area contributed by atoms with Gasteiger partial charge in [-0.1, -0.05) is 72.8 Å². The van der Waals surface area contributed by atoms with E-state index in [4.69, 9.17) is 24.7 Å². The van der Waals surface area contributed by atoms with E-state index in [1.165, 1.54) is 0 Å². The van der Waals surface area contributed by atoms with Crippen molar-refractivity contribution in [3.05, 3.63) is 119 Å². The summed E-state index contributed by atoms with van der Waals surface area (Å²) in [5.41, 5.74) is 10.9. The van der Waals surface area contributed by atoms with Crippen molar-refractivity contribution in [3.8, 4) is 23.0 Å². The highest BCUT2D eigenvalue weighted by Crippen LogP contribution is 2.30. The predicted octanol–water partition coefficient (Wildman–Crippen LogP) is 6.37. The summed E-state index contributed by atoms with van der Waals surface area (Å²) in [6.45, 7) is 2.33. The molecule has 6 nitrogen and oxygen atoms in total. The van der Waals surface area contributed by atoms with E-state index < -0.39 is 0 Å². The van der Waals surface area contributed by atoms with E-state index in [2.05, 4.69) is 5.32 Å². The van der Waals surface area contributed by atoms with Crippen LogP contribution in [-0.2, 0) is 26.2 Å². The van der Waals surface area contributed by atoms with Gasteiger partial charge in [-0.25, -0.2) is 0 Å². The van der Waals surface area contributed by atoms with E-state index in [0.29, 0.717) is 37.8 Å². The first-order chi connectivity index (χ1) is 18.6. The topological polar surface area (TPSA) is 75.0 Å². The van der Waals surface area contributed by atoms with Gasteiger partial charge in [0.05, 0.1) is 14.2 Å². The summed E-state index contributed by atoms with van der Waals surface area (Å²) in [6, 6.07) is 32.1. The van der Waals surface area contributed by atoms with Gasteiger partial charge in [0, 0.05) is 19.1 Å². The highest BCUT2D eigenvalue weighted by atomic mass is 35.5. The summed E-state index contributed by atoms with van der Waals surface area (Å²) in [7, 11) is 3.31. The molecule has 1 unspecified atom stereocenters. The summed E-state index contributed by atoms with van der Waals surface area (Å²) in [5, 5.41) is 3.45. The van der Waals surface area contributed by atoms with Crippen molar-refractivity contribution in [2.24, 2.45) is 5.73 Å². The quantitative estimate of drug-likeness (QED) is 0.179. The fraction of sp³-hybridized carbons (Fsp3) is 0.250. The standard InChI is InChI=1S/C32H36N2O4.2ClH/c1-35-31-18-26(13-15-29(31)37-22-24-9-5-3-6-10-24)17-28(33)21-34-20-27-14-16-30(32(19-27)36-2)38-23-25-11-7-4-8-12-25;;/h3-16,18-19,28,34H,17,20-23,33H2,1-2H3;2*1H. The lowest BCUT2D eigenvalue weighted by Crippen LogP contribution is -2.35. The summed E-state index contributed by atoms with van der Waals surface area (Å²) < 4.78 is 23.0. The maximum atomic E-state index is 6.43. The minimum absolute atomic E-state index is 0. The van der Waals surface area contributed by atoms with E-state index in [0.717, 1.165) is 40.2 Å². The molecular formula is C32H38Cl2N2O4. The van der Waals surface area contributed by atoms with Gasteiger partial charge in [0.2, 0.25) is 0 Å². The van der Waals surface area contributed by atoms with Crippen molar-refractivity contribution < 1.29 is 18.9 Å². The Morgan fingerprint density at radius 2 is 1.07 bits per heavy atom. The van der Waals surface area contributed by atoms with E-state index in [1.807, 2.05) is 97.1 Å². The van der Waals surface area contributed by atoms with E-state index >= 15 is 0 Å². The fourth-order valence-corrected chi connectivity index (χ4v) is 4.15. The molecule has 0 bridgehead atoms. The summed E-state index contributed by atoms with van der Waals surface area (Å²) in [6.07, 6.45) is 0.720. The SMILES string of the molecule is COc1cc(CNCC(N)Cc2ccc(OCc3ccccc3)c(OC)c2)ccc1OCc1ccccc1.Cl.Cl.